The van der Waals surface area contributed by atoms with Crippen LogP contribution in [-0.2, 0) is 26.2 Å². The van der Waals surface area contributed by atoms with Crippen LogP contribution in [0.4, 0.5) is 5.69 Å². The molecule has 166 valence electrons. The minimum atomic E-state index is -3.74. The highest BCUT2D eigenvalue weighted by atomic mass is 35.5. The normalized spacial score (nSPS) is 11.4. The van der Waals surface area contributed by atoms with Crippen molar-refractivity contribution >= 4 is 45.3 Å². The molecule has 0 bridgehead atoms. The van der Waals surface area contributed by atoms with E-state index in [1.54, 1.807) is 30.3 Å². The molecule has 1 aromatic heterocycles. The number of carbonyl (C=O) groups is 2. The summed E-state index contributed by atoms with van der Waals surface area (Å²) in [6, 6.07) is 15.8. The molecule has 2 amide bonds. The van der Waals surface area contributed by atoms with Crippen molar-refractivity contribution in [3.05, 3.63) is 82.8 Å². The number of anilines is 1. The molecule has 0 spiro atoms. The summed E-state index contributed by atoms with van der Waals surface area (Å²) in [5.41, 5.74) is 3.59. The highest BCUT2D eigenvalue weighted by molar-refractivity contribution is 7.89. The van der Waals surface area contributed by atoms with Crippen molar-refractivity contribution in [1.82, 2.24) is 10.1 Å². The van der Waals surface area contributed by atoms with Crippen LogP contribution >= 0.6 is 11.6 Å². The number of hydrazone groups is 1. The fourth-order valence-corrected chi connectivity index (χ4v) is 3.57. The zero-order valence-electron chi connectivity index (χ0n) is 16.8. The Balaban J connectivity index is 1.49. The first-order valence-electron chi connectivity index (χ1n) is 9.28. The summed E-state index contributed by atoms with van der Waals surface area (Å²) >= 11 is 5.77. The minimum absolute atomic E-state index is 0.0712. The topological polar surface area (TPSA) is 130 Å². The van der Waals surface area contributed by atoms with Gasteiger partial charge in [-0.2, -0.15) is 5.10 Å². The van der Waals surface area contributed by atoms with Crippen LogP contribution in [0.15, 0.2) is 75.1 Å². The first-order chi connectivity index (χ1) is 15.2. The van der Waals surface area contributed by atoms with Gasteiger partial charge in [-0.15, -0.1) is 0 Å². The number of benzene rings is 2. The molecule has 1 heterocycles. The van der Waals surface area contributed by atoms with Crippen molar-refractivity contribution in [3.8, 4) is 0 Å². The van der Waals surface area contributed by atoms with Gasteiger partial charge in [0.05, 0.1) is 17.7 Å². The smallest absolute Gasteiger partial charge is 0.329 e. The van der Waals surface area contributed by atoms with E-state index in [1.807, 2.05) is 6.92 Å². The van der Waals surface area contributed by atoms with Crippen molar-refractivity contribution in [2.24, 2.45) is 5.10 Å². The molecule has 3 aromatic rings. The van der Waals surface area contributed by atoms with Gasteiger partial charge in [-0.05, 0) is 55.5 Å². The van der Waals surface area contributed by atoms with Crippen molar-refractivity contribution in [2.75, 3.05) is 5.32 Å². The van der Waals surface area contributed by atoms with E-state index in [0.717, 1.165) is 5.56 Å². The number of carbonyl (C=O) groups excluding carboxylic acids is 2. The third-order valence-electron chi connectivity index (χ3n) is 4.12. The first-order valence-corrected chi connectivity index (χ1v) is 11.1. The van der Waals surface area contributed by atoms with Crippen LogP contribution in [0, 0.1) is 6.92 Å². The van der Waals surface area contributed by atoms with Crippen molar-refractivity contribution in [2.45, 2.75) is 18.4 Å². The Kier molecular flexibility index (Phi) is 7.41. The number of rotatable bonds is 7. The van der Waals surface area contributed by atoms with Gasteiger partial charge >= 0.3 is 11.8 Å². The quantitative estimate of drug-likeness (QED) is 0.275. The van der Waals surface area contributed by atoms with Gasteiger partial charge in [0.15, 0.2) is 0 Å². The summed E-state index contributed by atoms with van der Waals surface area (Å²) in [5, 5.41) is 6.54. The van der Waals surface area contributed by atoms with E-state index in [9.17, 15) is 18.0 Å². The van der Waals surface area contributed by atoms with Crippen LogP contribution in [0.1, 0.15) is 17.1 Å². The van der Waals surface area contributed by atoms with Gasteiger partial charge in [0.2, 0.25) is 10.0 Å². The second kappa shape index (κ2) is 10.2. The lowest BCUT2D eigenvalue weighted by Gasteiger charge is -2.05. The van der Waals surface area contributed by atoms with Gasteiger partial charge in [0.25, 0.3) is 0 Å². The average molecular weight is 475 g/mol. The molecule has 0 aliphatic rings. The molecule has 0 saturated carbocycles. The molecule has 0 saturated heterocycles. The maximum absolute atomic E-state index is 12.3. The molecule has 11 heteroatoms. The van der Waals surface area contributed by atoms with Gasteiger partial charge in [0.1, 0.15) is 11.5 Å². The molecule has 0 unspecified atom stereocenters. The van der Waals surface area contributed by atoms with Crippen molar-refractivity contribution in [3.63, 3.8) is 0 Å². The Morgan fingerprint density at radius 1 is 1.00 bits per heavy atom. The largest absolute Gasteiger partial charge is 0.459 e. The van der Waals surface area contributed by atoms with E-state index < -0.39 is 21.8 Å². The Morgan fingerprint density at radius 3 is 2.38 bits per heavy atom. The predicted octanol–water partition coefficient (Wildman–Crippen LogP) is 2.81. The lowest BCUT2D eigenvalue weighted by Crippen LogP contribution is -2.32. The maximum Gasteiger partial charge on any atom is 0.329 e. The highest BCUT2D eigenvalue weighted by Gasteiger charge is 2.15. The number of hydrogen-bond acceptors (Lipinski definition) is 6. The van der Waals surface area contributed by atoms with Crippen molar-refractivity contribution < 1.29 is 22.4 Å². The van der Waals surface area contributed by atoms with Crippen LogP contribution in [0.3, 0.4) is 0 Å². The second-order valence-electron chi connectivity index (χ2n) is 6.60. The van der Waals surface area contributed by atoms with E-state index in [-0.39, 0.29) is 17.2 Å². The Morgan fingerprint density at radius 2 is 1.69 bits per heavy atom. The van der Waals surface area contributed by atoms with E-state index in [0.29, 0.717) is 16.5 Å². The molecule has 0 aliphatic heterocycles. The molecular formula is C21H19ClN4O5S. The molecule has 0 aliphatic carbocycles. The minimum Gasteiger partial charge on any atom is -0.459 e. The average Bonchev–Trinajstić information content (AvgIpc) is 3.22. The number of sulfonamides is 1. The number of nitrogens with zero attached hydrogens (tertiary/aromatic N) is 1. The molecule has 32 heavy (non-hydrogen) atoms. The van der Waals surface area contributed by atoms with E-state index in [4.69, 9.17) is 16.0 Å². The first kappa shape index (κ1) is 23.2. The lowest BCUT2D eigenvalue weighted by atomic mass is 10.2. The molecule has 3 rings (SSSR count). The Hall–Kier alpha value is -3.47. The monoisotopic (exact) mass is 474 g/mol. The molecule has 9 nitrogen and oxygen atoms in total. The van der Waals surface area contributed by atoms with Crippen LogP contribution < -0.4 is 15.5 Å². The summed E-state index contributed by atoms with van der Waals surface area (Å²) in [4.78, 5) is 23.8. The number of amides is 2. The Bertz CT molecular complexity index is 1240. The summed E-state index contributed by atoms with van der Waals surface area (Å²) in [7, 11) is -3.74. The zero-order valence-corrected chi connectivity index (χ0v) is 18.4. The fraction of sp³-hybridized carbons (Fsp3) is 0.0952. The van der Waals surface area contributed by atoms with Crippen LogP contribution in [0.25, 0.3) is 0 Å². The lowest BCUT2D eigenvalue weighted by molar-refractivity contribution is -0.136. The molecule has 0 radical (unpaired) electrons. The van der Waals surface area contributed by atoms with Crippen LogP contribution in [0.2, 0.25) is 5.02 Å². The second-order valence-corrected chi connectivity index (χ2v) is 8.81. The summed E-state index contributed by atoms with van der Waals surface area (Å²) in [5.74, 6) is -1.25. The Labute approximate surface area is 189 Å². The van der Waals surface area contributed by atoms with Crippen LogP contribution in [0.5, 0.6) is 0 Å². The third-order valence-corrected chi connectivity index (χ3v) is 5.79. The molecule has 3 N–H and O–H groups in total. The SMILES string of the molecule is Cc1ccc(NC(=O)C(=O)N/N=C/c2ccc(CNS(=O)(=O)c3ccc(Cl)cc3)o2)cc1. The van der Waals surface area contributed by atoms with Crippen molar-refractivity contribution in [1.29, 1.82) is 0 Å². The number of hydrogen-bond donors (Lipinski definition) is 3. The highest BCUT2D eigenvalue weighted by Crippen LogP contribution is 2.15. The van der Waals surface area contributed by atoms with E-state index >= 15 is 0 Å². The predicted molar refractivity (Wildman–Crippen MR) is 120 cm³/mol. The van der Waals surface area contributed by atoms with Gasteiger partial charge < -0.3 is 9.73 Å². The maximum atomic E-state index is 12.3. The number of halogens is 1. The molecular weight excluding hydrogens is 456 g/mol. The third kappa shape index (κ3) is 6.51. The van der Waals surface area contributed by atoms with Gasteiger partial charge in [-0.1, -0.05) is 29.3 Å². The van der Waals surface area contributed by atoms with Gasteiger partial charge in [-0.25, -0.2) is 18.6 Å². The van der Waals surface area contributed by atoms with Gasteiger partial charge in [0, 0.05) is 10.7 Å². The zero-order chi connectivity index (χ0) is 23.1. The number of furan rings is 1. The fourth-order valence-electron chi connectivity index (χ4n) is 2.45. The van der Waals surface area contributed by atoms with E-state index in [2.05, 4.69) is 20.6 Å². The van der Waals surface area contributed by atoms with Gasteiger partial charge in [-0.3, -0.25) is 9.59 Å². The molecule has 2 aromatic carbocycles. The molecule has 0 fully saturated rings. The standard InChI is InChI=1S/C21H19ClN4O5S/c1-14-2-6-16(7-3-14)25-20(27)21(28)26-23-12-17-8-9-18(31-17)13-24-32(29,30)19-10-4-15(22)5-11-19/h2-12,24H,13H2,1H3,(H,25,27)(H,26,28)/b23-12+. The summed E-state index contributed by atoms with van der Waals surface area (Å²) in [6.07, 6.45) is 1.19. The van der Waals surface area contributed by atoms with Crippen LogP contribution in [-0.4, -0.2) is 26.4 Å². The molecule has 0 atom stereocenters. The number of aryl methyl sites for hydroxylation is 1. The van der Waals surface area contributed by atoms with E-state index in [1.165, 1.54) is 36.5 Å². The summed E-state index contributed by atoms with van der Waals surface area (Å²) < 4.78 is 32.4. The number of nitrogens with one attached hydrogen (secondary N) is 3. The summed E-state index contributed by atoms with van der Waals surface area (Å²) in [6.45, 7) is 1.81.